The summed E-state index contributed by atoms with van der Waals surface area (Å²) < 4.78 is 5.79. The molecular weight excluding hydrogens is 288 g/mol. The number of carbonyl (C=O) groups excluding carboxylic acids is 1. The van der Waals surface area contributed by atoms with E-state index in [2.05, 4.69) is 37.5 Å². The number of hydrogen-bond donors (Lipinski definition) is 2. The van der Waals surface area contributed by atoms with Gasteiger partial charge in [-0.05, 0) is 81.8 Å². The predicted molar refractivity (Wildman–Crippen MR) is 94.0 cm³/mol. The van der Waals surface area contributed by atoms with E-state index in [0.29, 0.717) is 18.9 Å². The van der Waals surface area contributed by atoms with Gasteiger partial charge in [0.15, 0.2) is 0 Å². The first-order valence-corrected chi connectivity index (χ1v) is 8.74. The van der Waals surface area contributed by atoms with E-state index < -0.39 is 0 Å². The standard InChI is InChI=1S/C19H30N2O2/c1-14-11-15(2)16(3)18(12-14)23-10-7-19(22)21-9-6-17-5-4-8-20-13-17/h11-12,17,20H,4-10,13H2,1-3H3,(H,21,22). The predicted octanol–water partition coefficient (Wildman–Crippen LogP) is 2.89. The molecule has 1 amide bonds. The minimum atomic E-state index is 0.0794. The van der Waals surface area contributed by atoms with Gasteiger partial charge in [0.2, 0.25) is 5.91 Å². The van der Waals surface area contributed by atoms with Crippen LogP contribution in [0, 0.1) is 26.7 Å². The first-order chi connectivity index (χ1) is 11.1. The molecule has 0 saturated carbocycles. The SMILES string of the molecule is Cc1cc(C)c(C)c(OCCC(=O)NCCC2CCCNC2)c1. The number of hydrogen-bond acceptors (Lipinski definition) is 3. The third-order valence-electron chi connectivity index (χ3n) is 4.62. The molecule has 1 fully saturated rings. The number of amides is 1. The fourth-order valence-corrected chi connectivity index (χ4v) is 3.08. The van der Waals surface area contributed by atoms with Crippen LogP contribution in [0.15, 0.2) is 12.1 Å². The summed E-state index contributed by atoms with van der Waals surface area (Å²) >= 11 is 0. The minimum Gasteiger partial charge on any atom is -0.493 e. The molecule has 2 N–H and O–H groups in total. The Morgan fingerprint density at radius 1 is 1.35 bits per heavy atom. The van der Waals surface area contributed by atoms with Crippen molar-refractivity contribution >= 4 is 5.91 Å². The van der Waals surface area contributed by atoms with Crippen LogP contribution in [0.1, 0.15) is 42.4 Å². The van der Waals surface area contributed by atoms with E-state index in [9.17, 15) is 4.79 Å². The van der Waals surface area contributed by atoms with Crippen LogP contribution in [0.25, 0.3) is 0 Å². The first kappa shape index (κ1) is 17.8. The lowest BCUT2D eigenvalue weighted by atomic mass is 9.96. The minimum absolute atomic E-state index is 0.0794. The molecule has 1 aromatic rings. The Kier molecular flexibility index (Phi) is 6.90. The van der Waals surface area contributed by atoms with Gasteiger partial charge in [0.25, 0.3) is 0 Å². The van der Waals surface area contributed by atoms with Crippen LogP contribution in [-0.2, 0) is 4.79 Å². The zero-order valence-corrected chi connectivity index (χ0v) is 14.7. The van der Waals surface area contributed by atoms with Crippen LogP contribution in [0.4, 0.5) is 0 Å². The lowest BCUT2D eigenvalue weighted by Crippen LogP contribution is -2.33. The molecule has 4 heteroatoms. The molecule has 1 aliphatic heterocycles. The van der Waals surface area contributed by atoms with E-state index in [4.69, 9.17) is 4.74 Å². The highest BCUT2D eigenvalue weighted by Gasteiger charge is 2.13. The molecule has 1 saturated heterocycles. The Hall–Kier alpha value is -1.55. The molecule has 23 heavy (non-hydrogen) atoms. The fourth-order valence-electron chi connectivity index (χ4n) is 3.08. The van der Waals surface area contributed by atoms with Crippen molar-refractivity contribution in [3.63, 3.8) is 0 Å². The highest BCUT2D eigenvalue weighted by molar-refractivity contribution is 5.75. The van der Waals surface area contributed by atoms with Gasteiger partial charge in [0, 0.05) is 6.54 Å². The Morgan fingerprint density at radius 2 is 2.17 bits per heavy atom. The highest BCUT2D eigenvalue weighted by atomic mass is 16.5. The number of benzene rings is 1. The van der Waals surface area contributed by atoms with Gasteiger partial charge < -0.3 is 15.4 Å². The smallest absolute Gasteiger partial charge is 0.223 e. The summed E-state index contributed by atoms with van der Waals surface area (Å²) in [5, 5.41) is 6.41. The van der Waals surface area contributed by atoms with Gasteiger partial charge in [-0.15, -0.1) is 0 Å². The summed E-state index contributed by atoms with van der Waals surface area (Å²) in [6.07, 6.45) is 4.00. The second kappa shape index (κ2) is 8.92. The van der Waals surface area contributed by atoms with Gasteiger partial charge >= 0.3 is 0 Å². The number of nitrogens with one attached hydrogen (secondary N) is 2. The van der Waals surface area contributed by atoms with E-state index in [0.717, 1.165) is 37.4 Å². The van der Waals surface area contributed by atoms with Crippen molar-refractivity contribution in [3.05, 3.63) is 28.8 Å². The third-order valence-corrected chi connectivity index (χ3v) is 4.62. The van der Waals surface area contributed by atoms with E-state index >= 15 is 0 Å². The molecule has 1 unspecified atom stereocenters. The Morgan fingerprint density at radius 3 is 2.91 bits per heavy atom. The van der Waals surface area contributed by atoms with Crippen molar-refractivity contribution in [1.29, 1.82) is 0 Å². The van der Waals surface area contributed by atoms with Crippen molar-refractivity contribution in [2.75, 3.05) is 26.2 Å². The maximum Gasteiger partial charge on any atom is 0.223 e. The Balaban J connectivity index is 1.64. The molecule has 0 radical (unpaired) electrons. The third kappa shape index (κ3) is 5.87. The van der Waals surface area contributed by atoms with Crippen molar-refractivity contribution in [3.8, 4) is 5.75 Å². The normalized spacial score (nSPS) is 17.8. The zero-order chi connectivity index (χ0) is 16.7. The van der Waals surface area contributed by atoms with Gasteiger partial charge in [-0.1, -0.05) is 6.07 Å². The van der Waals surface area contributed by atoms with Gasteiger partial charge in [-0.3, -0.25) is 4.79 Å². The van der Waals surface area contributed by atoms with Gasteiger partial charge in [-0.2, -0.15) is 0 Å². The molecule has 1 heterocycles. The van der Waals surface area contributed by atoms with E-state index in [-0.39, 0.29) is 5.91 Å². The highest BCUT2D eigenvalue weighted by Crippen LogP contribution is 2.23. The molecule has 1 aliphatic rings. The quantitative estimate of drug-likeness (QED) is 0.813. The molecule has 1 atom stereocenters. The average molecular weight is 318 g/mol. The largest absolute Gasteiger partial charge is 0.493 e. The number of ether oxygens (including phenoxy) is 1. The summed E-state index contributed by atoms with van der Waals surface area (Å²) in [5.41, 5.74) is 3.57. The number of piperidine rings is 1. The number of rotatable bonds is 7. The fraction of sp³-hybridized carbons (Fsp3) is 0.632. The first-order valence-electron chi connectivity index (χ1n) is 8.74. The maximum absolute atomic E-state index is 11.9. The van der Waals surface area contributed by atoms with Crippen LogP contribution >= 0.6 is 0 Å². The molecule has 2 rings (SSSR count). The van der Waals surface area contributed by atoms with Crippen molar-refractivity contribution < 1.29 is 9.53 Å². The van der Waals surface area contributed by atoms with E-state index in [1.807, 2.05) is 6.07 Å². The topological polar surface area (TPSA) is 50.4 Å². The molecule has 0 aromatic heterocycles. The van der Waals surface area contributed by atoms with Crippen LogP contribution in [0.2, 0.25) is 0 Å². The van der Waals surface area contributed by atoms with Crippen LogP contribution in [0.5, 0.6) is 5.75 Å². The van der Waals surface area contributed by atoms with Gasteiger partial charge in [0.1, 0.15) is 5.75 Å². The Labute approximate surface area is 140 Å². The lowest BCUT2D eigenvalue weighted by molar-refractivity contribution is -0.121. The van der Waals surface area contributed by atoms with Gasteiger partial charge in [-0.25, -0.2) is 0 Å². The molecule has 0 bridgehead atoms. The average Bonchev–Trinajstić information content (AvgIpc) is 2.53. The van der Waals surface area contributed by atoms with Crippen LogP contribution < -0.4 is 15.4 Å². The number of aryl methyl sites for hydroxylation is 2. The summed E-state index contributed by atoms with van der Waals surface area (Å²) in [6.45, 7) is 9.63. The molecule has 128 valence electrons. The summed E-state index contributed by atoms with van der Waals surface area (Å²) in [6, 6.07) is 4.19. The second-order valence-corrected chi connectivity index (χ2v) is 6.65. The Bertz CT molecular complexity index is 522. The molecule has 4 nitrogen and oxygen atoms in total. The summed E-state index contributed by atoms with van der Waals surface area (Å²) in [4.78, 5) is 11.9. The number of carbonyl (C=O) groups is 1. The zero-order valence-electron chi connectivity index (χ0n) is 14.7. The molecule has 1 aromatic carbocycles. The van der Waals surface area contributed by atoms with Gasteiger partial charge in [0.05, 0.1) is 13.0 Å². The van der Waals surface area contributed by atoms with Crippen molar-refractivity contribution in [2.24, 2.45) is 5.92 Å². The lowest BCUT2D eigenvalue weighted by Gasteiger charge is -2.22. The van der Waals surface area contributed by atoms with E-state index in [1.165, 1.54) is 24.0 Å². The van der Waals surface area contributed by atoms with Crippen LogP contribution in [-0.4, -0.2) is 32.1 Å². The van der Waals surface area contributed by atoms with E-state index in [1.54, 1.807) is 0 Å². The maximum atomic E-state index is 11.9. The van der Waals surface area contributed by atoms with Crippen molar-refractivity contribution in [1.82, 2.24) is 10.6 Å². The summed E-state index contributed by atoms with van der Waals surface area (Å²) in [7, 11) is 0. The molecular formula is C19H30N2O2. The molecule has 0 aliphatic carbocycles. The molecule has 0 spiro atoms. The summed E-state index contributed by atoms with van der Waals surface area (Å²) in [5.74, 6) is 1.68. The van der Waals surface area contributed by atoms with Crippen molar-refractivity contribution in [2.45, 2.75) is 46.5 Å². The van der Waals surface area contributed by atoms with Crippen LogP contribution in [0.3, 0.4) is 0 Å². The second-order valence-electron chi connectivity index (χ2n) is 6.65. The monoisotopic (exact) mass is 318 g/mol.